The SMILES string of the molecule is CC(=O)OC(c1nccs1)[C@@H]1CC[C@@H]2CN1C(=O)N2OCc1ccccc1.O=C(O)[C@@H]1CC[C@@H]2CN1C(=O)N2OCc1ccccc1.O=C(c1nccs1)[C@@H]1CC[C@@H]2CN1C(=O)N2OCc1ccccc1.O=C1N2C[C@@H](CC[C@H]2C(F)(F)c2nccs2)N1OCc1ccccc1.O=C1N2C[C@@H](CC[C@H]2C(O)c2nccs2)N1OCc1ccccc1. The first-order valence-electron chi connectivity index (χ1n) is 39.8. The van der Waals surface area contributed by atoms with E-state index in [0.29, 0.717) is 93.3 Å². The number of Topliss-reactive ketones (excluding diaryl/α,β-unsaturated/α-hetero) is 1. The normalized spacial score (nSPS) is 23.6. The third-order valence-corrected chi connectivity index (χ3v) is 25.9. The molecule has 36 heteroatoms. The van der Waals surface area contributed by atoms with Gasteiger partial charge in [-0.2, -0.15) is 34.1 Å². The second-order valence-electron chi connectivity index (χ2n) is 30.2. The minimum Gasteiger partial charge on any atom is -0.480 e. The van der Waals surface area contributed by atoms with Crippen LogP contribution in [-0.4, -0.2) is 221 Å². The number of aliphatic hydroxyl groups is 1. The maximum Gasteiger partial charge on any atom is 0.345 e. The number of alkyl halides is 2. The van der Waals surface area contributed by atoms with Gasteiger partial charge in [-0.25, -0.2) is 48.7 Å². The molecule has 12 atom stereocenters. The average Bonchev–Trinajstić information content (AvgIpc) is 1.61. The number of thiazole rings is 4. The molecule has 2 N–H and O–H groups in total. The fourth-order valence-corrected chi connectivity index (χ4v) is 19.3. The van der Waals surface area contributed by atoms with Crippen molar-refractivity contribution in [3.63, 3.8) is 0 Å². The summed E-state index contributed by atoms with van der Waals surface area (Å²) in [5.41, 5.74) is 4.96. The zero-order valence-electron chi connectivity index (χ0n) is 65.4. The van der Waals surface area contributed by atoms with Crippen LogP contribution in [0.3, 0.4) is 0 Å². The summed E-state index contributed by atoms with van der Waals surface area (Å²) in [6.45, 7) is 5.41. The number of carbonyl (C=O) groups is 8. The fraction of sp³-hybridized carbons (Fsp3) is 0.405. The summed E-state index contributed by atoms with van der Waals surface area (Å²) in [5.74, 6) is -4.53. The molecule has 0 aliphatic carbocycles. The Labute approximate surface area is 706 Å². The highest BCUT2D eigenvalue weighted by molar-refractivity contribution is 7.11. The van der Waals surface area contributed by atoms with Crippen molar-refractivity contribution in [1.29, 1.82) is 0 Å². The molecule has 10 amide bonds. The monoisotopic (exact) mass is 1720 g/mol. The first-order chi connectivity index (χ1) is 58.3. The van der Waals surface area contributed by atoms with Gasteiger partial charge >= 0.3 is 48.0 Å². The zero-order valence-corrected chi connectivity index (χ0v) is 68.6. The number of benzene rings is 5. The summed E-state index contributed by atoms with van der Waals surface area (Å²) in [4.78, 5) is 151. The van der Waals surface area contributed by atoms with Gasteiger partial charge in [0.15, 0.2) is 16.1 Å². The Hall–Kier alpha value is -10.8. The van der Waals surface area contributed by atoms with E-state index in [1.54, 1.807) is 38.7 Å². The van der Waals surface area contributed by atoms with E-state index < -0.39 is 48.3 Å². The fourth-order valence-electron chi connectivity index (χ4n) is 16.6. The number of carboxylic acids is 1. The number of amides is 10. The van der Waals surface area contributed by atoms with Crippen LogP contribution in [0.5, 0.6) is 0 Å². The number of fused-ring (bicyclic) bond motifs is 10. The lowest BCUT2D eigenvalue weighted by molar-refractivity contribution is -0.150. The van der Waals surface area contributed by atoms with Crippen molar-refractivity contribution in [3.05, 3.63) is 246 Å². The number of halogens is 2. The van der Waals surface area contributed by atoms with E-state index in [-0.39, 0.29) is 103 Å². The number of nitrogens with zero attached hydrogens (tertiary/aromatic N) is 14. The molecule has 14 heterocycles. The van der Waals surface area contributed by atoms with Gasteiger partial charge in [0.25, 0.3) is 0 Å². The van der Waals surface area contributed by atoms with Crippen LogP contribution < -0.4 is 0 Å². The summed E-state index contributed by atoms with van der Waals surface area (Å²) in [6.07, 6.45) is 11.5. The highest BCUT2D eigenvalue weighted by Crippen LogP contribution is 2.45. The molecule has 10 saturated heterocycles. The highest BCUT2D eigenvalue weighted by atomic mass is 32.1. The van der Waals surface area contributed by atoms with Gasteiger partial charge in [-0.1, -0.05) is 152 Å². The molecule has 19 rings (SSSR count). The number of aromatic nitrogens is 4. The van der Waals surface area contributed by atoms with E-state index >= 15 is 0 Å². The topological polar surface area (TPSA) is 316 Å². The van der Waals surface area contributed by atoms with Crippen molar-refractivity contribution >= 4 is 93.2 Å². The predicted octanol–water partition coefficient (Wildman–Crippen LogP) is 13.6. The van der Waals surface area contributed by atoms with Crippen LogP contribution >= 0.6 is 45.3 Å². The summed E-state index contributed by atoms with van der Waals surface area (Å²) in [7, 11) is 0. The number of rotatable bonds is 25. The number of hydroxylamine groups is 10. The number of hydrogen-bond donors (Lipinski definition) is 2. The molecule has 0 spiro atoms. The predicted molar refractivity (Wildman–Crippen MR) is 434 cm³/mol. The van der Waals surface area contributed by atoms with Crippen LogP contribution in [0.15, 0.2) is 198 Å². The van der Waals surface area contributed by atoms with Gasteiger partial charge < -0.3 is 39.4 Å². The quantitative estimate of drug-likeness (QED) is 0.0396. The number of aliphatic carboxylic acids is 1. The molecule has 0 saturated carbocycles. The number of carbonyl (C=O) groups excluding carboxylic acids is 7. The highest BCUT2D eigenvalue weighted by Gasteiger charge is 2.57. The molecule has 10 aliphatic heterocycles. The van der Waals surface area contributed by atoms with Crippen LogP contribution in [0.25, 0.3) is 0 Å². The van der Waals surface area contributed by atoms with Crippen molar-refractivity contribution in [2.24, 2.45) is 0 Å². The number of ketones is 1. The number of carboxylic acid groups (broad SMARTS) is 1. The van der Waals surface area contributed by atoms with Gasteiger partial charge in [-0.05, 0) is 92.0 Å². The van der Waals surface area contributed by atoms with Gasteiger partial charge in [0.1, 0.15) is 61.2 Å². The summed E-state index contributed by atoms with van der Waals surface area (Å²) >= 11 is 5.08. The maximum atomic E-state index is 14.8. The molecule has 5 aromatic carbocycles. The van der Waals surface area contributed by atoms with Crippen molar-refractivity contribution < 1.29 is 86.3 Å². The van der Waals surface area contributed by atoms with E-state index in [9.17, 15) is 52.2 Å². The Morgan fingerprint density at radius 3 is 1.16 bits per heavy atom. The Bertz CT molecular complexity index is 4900. The van der Waals surface area contributed by atoms with Gasteiger partial charge in [0.2, 0.25) is 5.78 Å². The number of urea groups is 5. The van der Waals surface area contributed by atoms with Crippen molar-refractivity contribution in [2.75, 3.05) is 32.7 Å². The molecule has 10 fully saturated rings. The van der Waals surface area contributed by atoms with Gasteiger partial charge in [-0.3, -0.25) is 33.8 Å². The zero-order chi connectivity index (χ0) is 83.4. The lowest BCUT2D eigenvalue weighted by Crippen LogP contribution is -2.49. The third-order valence-electron chi connectivity index (χ3n) is 22.5. The molecule has 2 unspecified atom stereocenters. The first kappa shape index (κ1) is 84.2. The number of piperidine rings is 5. The molecule has 4 aromatic heterocycles. The van der Waals surface area contributed by atoms with E-state index in [4.69, 9.17) is 34.0 Å². The van der Waals surface area contributed by atoms with Crippen LogP contribution in [0.1, 0.15) is 136 Å². The summed E-state index contributed by atoms with van der Waals surface area (Å²) in [6, 6.07) is 44.1. The summed E-state index contributed by atoms with van der Waals surface area (Å²) < 4.78 is 35.1. The van der Waals surface area contributed by atoms with Crippen LogP contribution in [0, 0.1) is 0 Å². The van der Waals surface area contributed by atoms with Crippen molar-refractivity contribution in [2.45, 2.75) is 183 Å². The molecule has 630 valence electrons. The standard InChI is InChI=1S/C19H21N3O4S.C17H17F2N3O2S.C17H19N3O3S.C17H17N3O3S.C14H16N2O4/c1-13(23)26-17(18-20-9-10-27-18)16-8-7-15-11-21(16)19(24)22(15)25-12-14-5-3-2-4-6-14;18-17(19,15-20-8-9-25-15)14-7-6-13-10-21(14)16(23)22(13)24-11-12-4-2-1-3-5-12;2*21-15(16-18-8-9-24-16)14-7-6-13-10-19(14)17(22)20(13)23-11-12-4-2-1-3-5-12;17-13(18)12-7-6-11-8-15(12)14(19)16(11)20-9-10-4-2-1-3-5-10/h2-6,9-10,15-17H,7-8,11-12H2,1H3;1-5,8-9,13-14H,6-7,10-11H2;1-5,8-9,13-15,21H,6-7,10-11H2;1-5,8-9,13-14H,6-7,10-11H2;1-5,11-12H,6-9H2,(H,17,18)/t15-,16+,17?;13-,14+;13-,14+,15?;13-,14+;11-,12+/m11111/s1. The number of aliphatic hydroxyl groups excluding tert-OH is 1. The molecule has 0 radical (unpaired) electrons. The van der Waals surface area contributed by atoms with Crippen molar-refractivity contribution in [3.8, 4) is 0 Å². The Balaban J connectivity index is 0.000000117. The molecular weight excluding hydrogens is 1630 g/mol. The molecule has 120 heavy (non-hydrogen) atoms. The minimum atomic E-state index is -3.15. The van der Waals surface area contributed by atoms with Gasteiger partial charge in [0, 0.05) is 86.0 Å². The van der Waals surface area contributed by atoms with Crippen molar-refractivity contribution in [1.82, 2.24) is 69.8 Å². The van der Waals surface area contributed by atoms with E-state index in [0.717, 1.165) is 71.3 Å². The lowest BCUT2D eigenvalue weighted by Gasteiger charge is -2.34. The number of esters is 1. The van der Waals surface area contributed by atoms with E-state index in [1.807, 2.05) is 162 Å². The second kappa shape index (κ2) is 38.7. The van der Waals surface area contributed by atoms with Crippen LogP contribution in [0.4, 0.5) is 32.8 Å². The molecule has 30 nitrogen and oxygen atoms in total. The summed E-state index contributed by atoms with van der Waals surface area (Å²) in [5, 5.41) is 35.3. The van der Waals surface area contributed by atoms with Crippen LogP contribution in [0.2, 0.25) is 0 Å². The Kier molecular flexibility index (Phi) is 27.2. The maximum absolute atomic E-state index is 14.8. The van der Waals surface area contributed by atoms with Crippen LogP contribution in [-0.2, 0) is 77.5 Å². The molecule has 10 aliphatic rings. The second-order valence-corrected chi connectivity index (χ2v) is 33.8. The third kappa shape index (κ3) is 19.2. The smallest absolute Gasteiger partial charge is 0.345 e. The number of ether oxygens (including phenoxy) is 1. The molecule has 9 aromatic rings. The molecule has 10 bridgehead atoms. The average molecular weight is 1720 g/mol. The first-order valence-corrected chi connectivity index (χ1v) is 43.3. The Morgan fingerprint density at radius 2 is 0.758 bits per heavy atom. The van der Waals surface area contributed by atoms with Gasteiger partial charge in [-0.15, -0.1) is 45.3 Å². The number of hydrogen-bond acceptors (Lipinski definition) is 23. The Morgan fingerprint density at radius 1 is 0.417 bits per heavy atom. The van der Waals surface area contributed by atoms with E-state index in [1.165, 1.54) is 87.6 Å². The van der Waals surface area contributed by atoms with Gasteiger partial charge in [0.05, 0.1) is 48.3 Å². The minimum absolute atomic E-state index is 0.0153. The van der Waals surface area contributed by atoms with E-state index in [2.05, 4.69) is 19.9 Å². The largest absolute Gasteiger partial charge is 0.480 e. The lowest BCUT2D eigenvalue weighted by atomic mass is 9.96. The molecular formula is C84H90F2N14O16S4.